The Hall–Kier alpha value is -2.89. The number of amides is 2. The molecule has 0 radical (unpaired) electrons. The number of hydrogen-bond donors (Lipinski definition) is 1. The summed E-state index contributed by atoms with van der Waals surface area (Å²) in [6.45, 7) is 0.0590. The molecule has 32 heavy (non-hydrogen) atoms. The SMILES string of the molecule is CNC(=O)[C@@H](Cc1ccccc1)N(Cc1c(Cl)cccc1Cl)C(=O)Cc1ccc(F)cc1. The Bertz CT molecular complexity index is 1050. The number of nitrogens with one attached hydrogen (secondary N) is 1. The number of halogens is 3. The fourth-order valence-corrected chi connectivity index (χ4v) is 3.97. The lowest BCUT2D eigenvalue weighted by Crippen LogP contribution is -2.50. The summed E-state index contributed by atoms with van der Waals surface area (Å²) in [6.07, 6.45) is 0.322. The van der Waals surface area contributed by atoms with Gasteiger partial charge in [-0.05, 0) is 35.4 Å². The van der Waals surface area contributed by atoms with E-state index in [0.717, 1.165) is 5.56 Å². The molecule has 3 aromatic carbocycles. The molecule has 0 aliphatic rings. The molecule has 0 aromatic heterocycles. The van der Waals surface area contributed by atoms with E-state index in [2.05, 4.69) is 5.32 Å². The minimum atomic E-state index is -0.789. The summed E-state index contributed by atoms with van der Waals surface area (Å²) in [4.78, 5) is 27.8. The topological polar surface area (TPSA) is 49.4 Å². The van der Waals surface area contributed by atoms with Crippen molar-refractivity contribution < 1.29 is 14.0 Å². The van der Waals surface area contributed by atoms with Crippen molar-refractivity contribution in [1.82, 2.24) is 10.2 Å². The molecule has 0 bridgehead atoms. The van der Waals surface area contributed by atoms with E-state index in [9.17, 15) is 14.0 Å². The van der Waals surface area contributed by atoms with Gasteiger partial charge in [-0.1, -0.05) is 71.7 Å². The van der Waals surface area contributed by atoms with E-state index >= 15 is 0 Å². The molecular weight excluding hydrogens is 450 g/mol. The quantitative estimate of drug-likeness (QED) is 0.497. The van der Waals surface area contributed by atoms with Crippen LogP contribution in [0.3, 0.4) is 0 Å². The molecule has 0 aliphatic carbocycles. The molecule has 0 heterocycles. The van der Waals surface area contributed by atoms with Crippen molar-refractivity contribution in [2.75, 3.05) is 7.05 Å². The fraction of sp³-hybridized carbons (Fsp3) is 0.200. The molecule has 0 spiro atoms. The van der Waals surface area contributed by atoms with Gasteiger partial charge in [-0.15, -0.1) is 0 Å². The monoisotopic (exact) mass is 472 g/mol. The zero-order chi connectivity index (χ0) is 23.1. The van der Waals surface area contributed by atoms with Crippen LogP contribution >= 0.6 is 23.2 Å². The first-order valence-electron chi connectivity index (χ1n) is 10.1. The maximum absolute atomic E-state index is 13.4. The number of likely N-dealkylation sites (N-methyl/N-ethyl adjacent to an activating group) is 1. The van der Waals surface area contributed by atoms with E-state index in [1.54, 1.807) is 30.3 Å². The Morgan fingerprint density at radius 1 is 0.906 bits per heavy atom. The van der Waals surface area contributed by atoms with E-state index in [-0.39, 0.29) is 30.6 Å². The number of hydrogen-bond acceptors (Lipinski definition) is 2. The molecule has 0 unspecified atom stereocenters. The molecule has 0 saturated heterocycles. The average Bonchev–Trinajstić information content (AvgIpc) is 2.79. The summed E-state index contributed by atoms with van der Waals surface area (Å²) < 4.78 is 13.3. The molecular formula is C25H23Cl2FN2O2. The van der Waals surface area contributed by atoms with Crippen LogP contribution in [0.4, 0.5) is 4.39 Å². The Morgan fingerprint density at radius 3 is 2.12 bits per heavy atom. The summed E-state index contributed by atoms with van der Waals surface area (Å²) in [7, 11) is 1.53. The van der Waals surface area contributed by atoms with Crippen LogP contribution in [0, 0.1) is 5.82 Å². The lowest BCUT2D eigenvalue weighted by molar-refractivity contribution is -0.140. The van der Waals surface area contributed by atoms with Crippen LogP contribution in [0.1, 0.15) is 16.7 Å². The molecule has 7 heteroatoms. The van der Waals surface area contributed by atoms with E-state index < -0.39 is 6.04 Å². The second kappa shape index (κ2) is 11.1. The van der Waals surface area contributed by atoms with Gasteiger partial charge >= 0.3 is 0 Å². The van der Waals surface area contributed by atoms with E-state index in [1.165, 1.54) is 24.1 Å². The summed E-state index contributed by atoms with van der Waals surface area (Å²) in [5, 5.41) is 3.48. The smallest absolute Gasteiger partial charge is 0.242 e. The third-order valence-electron chi connectivity index (χ3n) is 5.18. The van der Waals surface area contributed by atoms with Gasteiger partial charge in [0.1, 0.15) is 11.9 Å². The van der Waals surface area contributed by atoms with Gasteiger partial charge in [0.15, 0.2) is 0 Å². The highest BCUT2D eigenvalue weighted by molar-refractivity contribution is 6.36. The van der Waals surface area contributed by atoms with Gasteiger partial charge in [-0.3, -0.25) is 9.59 Å². The Morgan fingerprint density at radius 2 is 1.53 bits per heavy atom. The summed E-state index contributed by atoms with van der Waals surface area (Å²) in [5.74, 6) is -0.977. The summed E-state index contributed by atoms with van der Waals surface area (Å²) in [6, 6.07) is 19.5. The van der Waals surface area contributed by atoms with Crippen molar-refractivity contribution >= 4 is 35.0 Å². The molecule has 0 aliphatic heterocycles. The molecule has 166 valence electrons. The van der Waals surface area contributed by atoms with Crippen molar-refractivity contribution in [1.29, 1.82) is 0 Å². The van der Waals surface area contributed by atoms with E-state index in [1.807, 2.05) is 30.3 Å². The van der Waals surface area contributed by atoms with Crippen LogP contribution in [-0.2, 0) is 29.0 Å². The first-order valence-corrected chi connectivity index (χ1v) is 10.9. The van der Waals surface area contributed by atoms with Crippen molar-refractivity contribution in [3.8, 4) is 0 Å². The highest BCUT2D eigenvalue weighted by Gasteiger charge is 2.30. The zero-order valence-electron chi connectivity index (χ0n) is 17.5. The fourth-order valence-electron chi connectivity index (χ4n) is 3.45. The molecule has 3 aromatic rings. The number of rotatable bonds is 8. The minimum Gasteiger partial charge on any atom is -0.357 e. The Kier molecular flexibility index (Phi) is 8.26. The lowest BCUT2D eigenvalue weighted by Gasteiger charge is -2.31. The van der Waals surface area contributed by atoms with Gasteiger partial charge in [-0.25, -0.2) is 4.39 Å². The Balaban J connectivity index is 1.98. The number of nitrogens with zero attached hydrogens (tertiary/aromatic N) is 1. The highest BCUT2D eigenvalue weighted by atomic mass is 35.5. The normalized spacial score (nSPS) is 11.6. The van der Waals surface area contributed by atoms with Crippen molar-refractivity contribution in [3.63, 3.8) is 0 Å². The minimum absolute atomic E-state index is 0.00460. The lowest BCUT2D eigenvalue weighted by atomic mass is 10.0. The molecule has 0 fully saturated rings. The number of carbonyl (C=O) groups is 2. The largest absolute Gasteiger partial charge is 0.357 e. The summed E-state index contributed by atoms with van der Waals surface area (Å²) in [5.41, 5.74) is 2.11. The number of benzene rings is 3. The van der Waals surface area contributed by atoms with Gasteiger partial charge in [0.2, 0.25) is 11.8 Å². The van der Waals surface area contributed by atoms with Gasteiger partial charge < -0.3 is 10.2 Å². The Labute approximate surface area is 197 Å². The molecule has 4 nitrogen and oxygen atoms in total. The average molecular weight is 473 g/mol. The van der Waals surface area contributed by atoms with Crippen molar-refractivity contribution in [2.45, 2.75) is 25.4 Å². The van der Waals surface area contributed by atoms with Crippen LogP contribution < -0.4 is 5.32 Å². The van der Waals surface area contributed by atoms with Crippen LogP contribution in [0.5, 0.6) is 0 Å². The van der Waals surface area contributed by atoms with Gasteiger partial charge in [-0.2, -0.15) is 0 Å². The van der Waals surface area contributed by atoms with Gasteiger partial charge in [0, 0.05) is 35.6 Å². The second-order valence-electron chi connectivity index (χ2n) is 7.34. The third-order valence-corrected chi connectivity index (χ3v) is 5.88. The van der Waals surface area contributed by atoms with Gasteiger partial charge in [0.25, 0.3) is 0 Å². The predicted molar refractivity (Wildman–Crippen MR) is 125 cm³/mol. The van der Waals surface area contributed by atoms with Crippen LogP contribution in [-0.4, -0.2) is 29.8 Å². The third kappa shape index (κ3) is 6.09. The second-order valence-corrected chi connectivity index (χ2v) is 8.16. The molecule has 0 saturated carbocycles. The van der Waals surface area contributed by atoms with E-state index in [4.69, 9.17) is 23.2 Å². The van der Waals surface area contributed by atoms with Crippen molar-refractivity contribution in [3.05, 3.63) is 105 Å². The van der Waals surface area contributed by atoms with Crippen LogP contribution in [0.15, 0.2) is 72.8 Å². The number of carbonyl (C=O) groups excluding carboxylic acids is 2. The zero-order valence-corrected chi connectivity index (χ0v) is 19.0. The summed E-state index contributed by atoms with van der Waals surface area (Å²) >= 11 is 12.7. The van der Waals surface area contributed by atoms with Crippen LogP contribution in [0.25, 0.3) is 0 Å². The first kappa shape index (κ1) is 23.8. The van der Waals surface area contributed by atoms with E-state index in [0.29, 0.717) is 27.6 Å². The highest BCUT2D eigenvalue weighted by Crippen LogP contribution is 2.27. The molecule has 2 amide bonds. The molecule has 1 N–H and O–H groups in total. The molecule has 3 rings (SSSR count). The first-order chi connectivity index (χ1) is 15.4. The predicted octanol–water partition coefficient (Wildman–Crippen LogP) is 5.06. The molecule has 1 atom stereocenters. The maximum atomic E-state index is 13.4. The van der Waals surface area contributed by atoms with Crippen molar-refractivity contribution in [2.24, 2.45) is 0 Å². The maximum Gasteiger partial charge on any atom is 0.242 e. The van der Waals surface area contributed by atoms with Crippen LogP contribution in [0.2, 0.25) is 10.0 Å². The standard InChI is InChI=1S/C25H23Cl2FN2O2/c1-29-25(32)23(14-17-6-3-2-4-7-17)30(16-20-21(26)8-5-9-22(20)27)24(31)15-18-10-12-19(28)13-11-18/h2-13,23H,14-16H2,1H3,(H,29,32)/t23-/m1/s1. The van der Waals surface area contributed by atoms with Gasteiger partial charge in [0.05, 0.1) is 6.42 Å².